The van der Waals surface area contributed by atoms with Gasteiger partial charge in [0.2, 0.25) is 15.9 Å². The van der Waals surface area contributed by atoms with Crippen molar-refractivity contribution in [2.24, 2.45) is 0 Å². The predicted octanol–water partition coefficient (Wildman–Crippen LogP) is 1.58. The molecule has 106 valence electrons. The fraction of sp³-hybridized carbons (Fsp3) is 0.615. The van der Waals surface area contributed by atoms with E-state index in [2.05, 4.69) is 4.98 Å². The van der Waals surface area contributed by atoms with Gasteiger partial charge in [-0.1, -0.05) is 13.0 Å². The van der Waals surface area contributed by atoms with Gasteiger partial charge in [0.15, 0.2) is 0 Å². The third kappa shape index (κ3) is 3.67. The molecular weight excluding hydrogens is 264 g/mol. The maximum absolute atomic E-state index is 11.9. The van der Waals surface area contributed by atoms with E-state index in [0.717, 1.165) is 12.1 Å². The molecule has 1 saturated heterocycles. The summed E-state index contributed by atoms with van der Waals surface area (Å²) in [5.41, 5.74) is 0.894. The Balaban J connectivity index is 1.96. The number of hydrogen-bond donors (Lipinski definition) is 0. The zero-order valence-electron chi connectivity index (χ0n) is 11.4. The minimum atomic E-state index is -3.11. The highest BCUT2D eigenvalue weighted by Gasteiger charge is 2.31. The van der Waals surface area contributed by atoms with Gasteiger partial charge in [-0.2, -0.15) is 4.31 Å². The predicted molar refractivity (Wildman–Crippen MR) is 73.7 cm³/mol. The summed E-state index contributed by atoms with van der Waals surface area (Å²) < 4.78 is 31.1. The topological polar surface area (TPSA) is 59.5 Å². The minimum Gasteiger partial charge on any atom is -0.473 e. The zero-order valence-corrected chi connectivity index (χ0v) is 12.2. The first-order valence-electron chi connectivity index (χ1n) is 6.59. The van der Waals surface area contributed by atoms with Gasteiger partial charge in [-0.25, -0.2) is 13.4 Å². The maximum Gasteiger partial charge on any atom is 0.214 e. The van der Waals surface area contributed by atoms with E-state index in [4.69, 9.17) is 4.74 Å². The monoisotopic (exact) mass is 284 g/mol. The van der Waals surface area contributed by atoms with Gasteiger partial charge in [0.05, 0.1) is 12.3 Å². The molecule has 1 atom stereocenters. The van der Waals surface area contributed by atoms with Crippen LogP contribution in [0.5, 0.6) is 5.88 Å². The number of aromatic nitrogens is 1. The Labute approximate surface area is 114 Å². The average molecular weight is 284 g/mol. The van der Waals surface area contributed by atoms with E-state index >= 15 is 0 Å². The van der Waals surface area contributed by atoms with Crippen molar-refractivity contribution >= 4 is 10.0 Å². The Morgan fingerprint density at radius 2 is 2.26 bits per heavy atom. The fourth-order valence-corrected chi connectivity index (χ4v) is 3.74. The van der Waals surface area contributed by atoms with Crippen molar-refractivity contribution < 1.29 is 13.2 Å². The van der Waals surface area contributed by atoms with Crippen molar-refractivity contribution in [3.8, 4) is 5.88 Å². The van der Waals surface area contributed by atoms with E-state index in [0.29, 0.717) is 25.4 Å². The number of ether oxygens (including phenoxy) is 1. The van der Waals surface area contributed by atoms with Crippen LogP contribution in [-0.2, 0) is 10.0 Å². The normalized spacial score (nSPS) is 20.6. The molecule has 0 aromatic carbocycles. The van der Waals surface area contributed by atoms with Crippen LogP contribution >= 0.6 is 0 Å². The van der Waals surface area contributed by atoms with Crippen molar-refractivity contribution in [2.45, 2.75) is 32.8 Å². The molecule has 1 aromatic rings. The summed E-state index contributed by atoms with van der Waals surface area (Å²) in [7, 11) is -3.11. The van der Waals surface area contributed by atoms with Crippen LogP contribution < -0.4 is 4.74 Å². The molecule has 0 spiro atoms. The number of pyridine rings is 1. The Hall–Kier alpha value is -1.14. The lowest BCUT2D eigenvalue weighted by molar-refractivity contribution is 0.206. The highest BCUT2D eigenvalue weighted by molar-refractivity contribution is 7.89. The molecule has 0 amide bonds. The SMILES string of the molecule is CCCS(=O)(=O)N1CCC(Oc2cccc(C)n2)C1. The van der Waals surface area contributed by atoms with Crippen molar-refractivity contribution in [1.29, 1.82) is 0 Å². The number of rotatable bonds is 5. The third-order valence-electron chi connectivity index (χ3n) is 3.11. The van der Waals surface area contributed by atoms with Crippen LogP contribution in [0.25, 0.3) is 0 Å². The molecule has 6 heteroatoms. The van der Waals surface area contributed by atoms with Crippen LogP contribution in [0.15, 0.2) is 18.2 Å². The summed E-state index contributed by atoms with van der Waals surface area (Å²) >= 11 is 0. The summed E-state index contributed by atoms with van der Waals surface area (Å²) in [5, 5.41) is 0. The molecule has 2 heterocycles. The Bertz CT molecular complexity index is 530. The number of nitrogens with zero attached hydrogens (tertiary/aromatic N) is 2. The lowest BCUT2D eigenvalue weighted by Gasteiger charge is -2.16. The molecule has 0 bridgehead atoms. The van der Waals surface area contributed by atoms with E-state index in [9.17, 15) is 8.42 Å². The van der Waals surface area contributed by atoms with E-state index in [1.807, 2.05) is 26.0 Å². The summed E-state index contributed by atoms with van der Waals surface area (Å²) in [6, 6.07) is 5.59. The second-order valence-corrected chi connectivity index (χ2v) is 6.91. The standard InChI is InChI=1S/C13H20N2O3S/c1-3-9-19(16,17)15-8-7-12(10-15)18-13-6-4-5-11(2)14-13/h4-6,12H,3,7-10H2,1-2H3. The largest absolute Gasteiger partial charge is 0.473 e. The van der Waals surface area contributed by atoms with Gasteiger partial charge in [-0.15, -0.1) is 0 Å². The second kappa shape index (κ2) is 5.88. The lowest BCUT2D eigenvalue weighted by atomic mass is 10.3. The maximum atomic E-state index is 11.9. The van der Waals surface area contributed by atoms with Gasteiger partial charge >= 0.3 is 0 Å². The Kier molecular flexibility index (Phi) is 4.42. The zero-order chi connectivity index (χ0) is 13.9. The van der Waals surface area contributed by atoms with Crippen LogP contribution in [0.4, 0.5) is 0 Å². The number of hydrogen-bond acceptors (Lipinski definition) is 4. The molecule has 1 aliphatic heterocycles. The van der Waals surface area contributed by atoms with Gasteiger partial charge < -0.3 is 4.74 Å². The number of aryl methyl sites for hydroxylation is 1. The van der Waals surface area contributed by atoms with Gasteiger partial charge in [0, 0.05) is 18.3 Å². The summed E-state index contributed by atoms with van der Waals surface area (Å²) in [6.45, 7) is 4.74. The van der Waals surface area contributed by atoms with E-state index in [-0.39, 0.29) is 11.9 Å². The quantitative estimate of drug-likeness (QED) is 0.823. The van der Waals surface area contributed by atoms with E-state index in [1.165, 1.54) is 4.31 Å². The molecule has 1 aromatic heterocycles. The van der Waals surface area contributed by atoms with Gasteiger partial charge in [0.1, 0.15) is 6.10 Å². The highest BCUT2D eigenvalue weighted by atomic mass is 32.2. The van der Waals surface area contributed by atoms with Crippen LogP contribution in [0.1, 0.15) is 25.5 Å². The van der Waals surface area contributed by atoms with E-state index in [1.54, 1.807) is 6.07 Å². The summed E-state index contributed by atoms with van der Waals surface area (Å²) in [4.78, 5) is 4.27. The Morgan fingerprint density at radius 3 is 2.95 bits per heavy atom. The lowest BCUT2D eigenvalue weighted by Crippen LogP contribution is -2.32. The fourth-order valence-electron chi connectivity index (χ4n) is 2.19. The molecule has 0 saturated carbocycles. The third-order valence-corrected chi connectivity index (χ3v) is 5.16. The first-order chi connectivity index (χ1) is 9.01. The molecule has 19 heavy (non-hydrogen) atoms. The molecular formula is C13H20N2O3S. The summed E-state index contributed by atoms with van der Waals surface area (Å²) in [6.07, 6.45) is 1.27. The molecule has 0 radical (unpaired) electrons. The average Bonchev–Trinajstić information content (AvgIpc) is 2.78. The van der Waals surface area contributed by atoms with Crippen LogP contribution in [0, 0.1) is 6.92 Å². The van der Waals surface area contributed by atoms with Gasteiger partial charge in [-0.05, 0) is 25.8 Å². The van der Waals surface area contributed by atoms with Crippen LogP contribution in [0.2, 0.25) is 0 Å². The van der Waals surface area contributed by atoms with Crippen molar-refractivity contribution in [3.63, 3.8) is 0 Å². The first-order valence-corrected chi connectivity index (χ1v) is 8.20. The minimum absolute atomic E-state index is 0.0964. The molecule has 0 N–H and O–H groups in total. The van der Waals surface area contributed by atoms with Gasteiger partial charge in [-0.3, -0.25) is 0 Å². The molecule has 1 aliphatic rings. The number of sulfonamides is 1. The molecule has 1 unspecified atom stereocenters. The highest BCUT2D eigenvalue weighted by Crippen LogP contribution is 2.19. The molecule has 2 rings (SSSR count). The summed E-state index contributed by atoms with van der Waals surface area (Å²) in [5.74, 6) is 0.780. The molecule has 0 aliphatic carbocycles. The van der Waals surface area contributed by atoms with E-state index < -0.39 is 10.0 Å². The first kappa shape index (κ1) is 14.3. The Morgan fingerprint density at radius 1 is 1.47 bits per heavy atom. The van der Waals surface area contributed by atoms with Crippen molar-refractivity contribution in [1.82, 2.24) is 9.29 Å². The molecule has 1 fully saturated rings. The van der Waals surface area contributed by atoms with Crippen molar-refractivity contribution in [2.75, 3.05) is 18.8 Å². The van der Waals surface area contributed by atoms with Crippen LogP contribution in [-0.4, -0.2) is 42.7 Å². The van der Waals surface area contributed by atoms with Gasteiger partial charge in [0.25, 0.3) is 0 Å². The second-order valence-electron chi connectivity index (χ2n) is 4.82. The van der Waals surface area contributed by atoms with Crippen molar-refractivity contribution in [3.05, 3.63) is 23.9 Å². The van der Waals surface area contributed by atoms with Crippen LogP contribution in [0.3, 0.4) is 0 Å². The molecule has 5 nitrogen and oxygen atoms in total. The smallest absolute Gasteiger partial charge is 0.214 e.